The Bertz CT molecular complexity index is 431. The second-order valence-corrected chi connectivity index (χ2v) is 4.79. The second-order valence-electron chi connectivity index (χ2n) is 4.79. The summed E-state index contributed by atoms with van der Waals surface area (Å²) in [5.74, 6) is -0.461. The van der Waals surface area contributed by atoms with Gasteiger partial charge in [0.15, 0.2) is 0 Å². The minimum Gasteiger partial charge on any atom is -0.465 e. The number of carbonyl (C=O) groups is 2. The van der Waals surface area contributed by atoms with Gasteiger partial charge in [-0.2, -0.15) is 0 Å². The summed E-state index contributed by atoms with van der Waals surface area (Å²) in [4.78, 5) is 25.6. The van der Waals surface area contributed by atoms with Crippen LogP contribution in [-0.4, -0.2) is 29.9 Å². The Hall–Kier alpha value is -1.84. The number of hydrogen-bond donors (Lipinski definition) is 0. The molecule has 0 radical (unpaired) electrons. The topological polar surface area (TPSA) is 46.6 Å². The van der Waals surface area contributed by atoms with E-state index in [0.29, 0.717) is 13.2 Å². The number of amides is 1. The van der Waals surface area contributed by atoms with Crippen molar-refractivity contribution in [2.24, 2.45) is 5.92 Å². The Labute approximate surface area is 120 Å². The van der Waals surface area contributed by atoms with Gasteiger partial charge in [0, 0.05) is 12.5 Å². The number of rotatable bonds is 7. The normalized spacial score (nSPS) is 11.8. The highest BCUT2D eigenvalue weighted by Crippen LogP contribution is 2.11. The number of benzene rings is 1. The molecule has 1 unspecified atom stereocenters. The van der Waals surface area contributed by atoms with E-state index in [1.54, 1.807) is 11.8 Å². The van der Waals surface area contributed by atoms with Crippen molar-refractivity contribution in [3.05, 3.63) is 35.9 Å². The summed E-state index contributed by atoms with van der Waals surface area (Å²) in [5, 5.41) is 0. The number of carbonyl (C=O) groups excluding carboxylic acids is 2. The lowest BCUT2D eigenvalue weighted by Crippen LogP contribution is -2.39. The van der Waals surface area contributed by atoms with Crippen molar-refractivity contribution >= 4 is 11.9 Å². The predicted molar refractivity (Wildman–Crippen MR) is 77.9 cm³/mol. The fourth-order valence-corrected chi connectivity index (χ4v) is 1.86. The van der Waals surface area contributed by atoms with Crippen LogP contribution in [0.1, 0.15) is 32.8 Å². The second kappa shape index (κ2) is 8.35. The van der Waals surface area contributed by atoms with Crippen LogP contribution in [0.2, 0.25) is 0 Å². The first-order valence-corrected chi connectivity index (χ1v) is 7.06. The average molecular weight is 277 g/mol. The van der Waals surface area contributed by atoms with Gasteiger partial charge in [0.25, 0.3) is 0 Å². The quantitative estimate of drug-likeness (QED) is 0.720. The number of nitrogens with zero attached hydrogens (tertiary/aromatic N) is 1. The van der Waals surface area contributed by atoms with Gasteiger partial charge in [-0.1, -0.05) is 44.2 Å². The number of esters is 1. The van der Waals surface area contributed by atoms with Crippen molar-refractivity contribution in [1.29, 1.82) is 0 Å². The molecule has 110 valence electrons. The molecular formula is C16H23NO3. The third kappa shape index (κ3) is 5.03. The molecule has 4 nitrogen and oxygen atoms in total. The van der Waals surface area contributed by atoms with Crippen molar-refractivity contribution in [2.75, 3.05) is 13.2 Å². The maximum atomic E-state index is 12.3. The lowest BCUT2D eigenvalue weighted by atomic mass is 10.1. The first kappa shape index (κ1) is 16.2. The molecule has 0 saturated carbocycles. The van der Waals surface area contributed by atoms with Crippen LogP contribution in [0.5, 0.6) is 0 Å². The summed E-state index contributed by atoms with van der Waals surface area (Å²) in [5.41, 5.74) is 1.01. The highest BCUT2D eigenvalue weighted by Gasteiger charge is 2.22. The Morgan fingerprint density at radius 3 is 2.40 bits per heavy atom. The Balaban J connectivity index is 2.78. The van der Waals surface area contributed by atoms with Crippen LogP contribution >= 0.6 is 0 Å². The zero-order chi connectivity index (χ0) is 15.0. The van der Waals surface area contributed by atoms with Crippen molar-refractivity contribution < 1.29 is 14.3 Å². The molecule has 0 aliphatic carbocycles. The van der Waals surface area contributed by atoms with Crippen LogP contribution in [0, 0.1) is 5.92 Å². The minimum atomic E-state index is -0.361. The van der Waals surface area contributed by atoms with Crippen molar-refractivity contribution in [3.63, 3.8) is 0 Å². The maximum Gasteiger partial charge on any atom is 0.325 e. The molecule has 0 heterocycles. The van der Waals surface area contributed by atoms with Gasteiger partial charge in [-0.05, 0) is 18.9 Å². The van der Waals surface area contributed by atoms with Crippen molar-refractivity contribution in [2.45, 2.75) is 33.7 Å². The lowest BCUT2D eigenvalue weighted by Gasteiger charge is -2.24. The van der Waals surface area contributed by atoms with Gasteiger partial charge >= 0.3 is 5.97 Å². The molecule has 1 aromatic carbocycles. The van der Waals surface area contributed by atoms with Gasteiger partial charge in [-0.3, -0.25) is 9.59 Å². The standard InChI is InChI=1S/C16H23NO3/c1-4-13(3)16(19)17(12-15(18)20-5-2)11-14-9-7-6-8-10-14/h6-10,13H,4-5,11-12H2,1-3H3. The zero-order valence-electron chi connectivity index (χ0n) is 12.5. The van der Waals surface area contributed by atoms with E-state index >= 15 is 0 Å². The fraction of sp³-hybridized carbons (Fsp3) is 0.500. The highest BCUT2D eigenvalue weighted by atomic mass is 16.5. The molecule has 1 amide bonds. The Morgan fingerprint density at radius 2 is 1.85 bits per heavy atom. The van der Waals surface area contributed by atoms with Crippen LogP contribution in [0.3, 0.4) is 0 Å². The van der Waals surface area contributed by atoms with Crippen LogP contribution in [0.25, 0.3) is 0 Å². The van der Waals surface area contributed by atoms with Gasteiger partial charge in [-0.15, -0.1) is 0 Å². The third-order valence-electron chi connectivity index (χ3n) is 3.19. The average Bonchev–Trinajstić information content (AvgIpc) is 2.46. The molecule has 4 heteroatoms. The summed E-state index contributed by atoms with van der Waals surface area (Å²) in [7, 11) is 0. The van der Waals surface area contributed by atoms with Gasteiger partial charge in [0.2, 0.25) is 5.91 Å². The molecule has 0 spiro atoms. The summed E-state index contributed by atoms with van der Waals surface area (Å²) in [6, 6.07) is 9.66. The van der Waals surface area contributed by atoms with Crippen molar-refractivity contribution in [1.82, 2.24) is 4.90 Å². The lowest BCUT2D eigenvalue weighted by molar-refractivity contribution is -0.150. The molecule has 0 bridgehead atoms. The van der Waals surface area contributed by atoms with E-state index in [1.807, 2.05) is 44.2 Å². The third-order valence-corrected chi connectivity index (χ3v) is 3.19. The van der Waals surface area contributed by atoms with Gasteiger partial charge < -0.3 is 9.64 Å². The SMILES string of the molecule is CCOC(=O)CN(Cc1ccccc1)C(=O)C(C)CC. The molecule has 0 aliphatic heterocycles. The number of ether oxygens (including phenoxy) is 1. The molecule has 1 aromatic rings. The van der Waals surface area contributed by atoms with Gasteiger partial charge in [0.05, 0.1) is 6.61 Å². The Morgan fingerprint density at radius 1 is 1.20 bits per heavy atom. The van der Waals surface area contributed by atoms with Gasteiger partial charge in [0.1, 0.15) is 6.54 Å². The summed E-state index contributed by atoms with van der Waals surface area (Å²) >= 11 is 0. The van der Waals surface area contributed by atoms with E-state index in [2.05, 4.69) is 0 Å². The molecule has 1 atom stereocenters. The van der Waals surface area contributed by atoms with E-state index in [9.17, 15) is 9.59 Å². The monoisotopic (exact) mass is 277 g/mol. The fourth-order valence-electron chi connectivity index (χ4n) is 1.86. The largest absolute Gasteiger partial charge is 0.465 e. The summed E-state index contributed by atoms with van der Waals surface area (Å²) < 4.78 is 4.94. The van der Waals surface area contributed by atoms with Gasteiger partial charge in [-0.25, -0.2) is 0 Å². The van der Waals surface area contributed by atoms with E-state index in [-0.39, 0.29) is 24.3 Å². The highest BCUT2D eigenvalue weighted by molar-refractivity contribution is 5.83. The summed E-state index contributed by atoms with van der Waals surface area (Å²) in [6.07, 6.45) is 0.757. The van der Waals surface area contributed by atoms with E-state index in [1.165, 1.54) is 0 Å². The van der Waals surface area contributed by atoms with E-state index in [0.717, 1.165) is 12.0 Å². The Kier molecular flexibility index (Phi) is 6.77. The predicted octanol–water partition coefficient (Wildman–Crippen LogP) is 2.62. The van der Waals surface area contributed by atoms with Crippen LogP contribution in [0.4, 0.5) is 0 Å². The number of hydrogen-bond acceptors (Lipinski definition) is 3. The maximum absolute atomic E-state index is 12.3. The first-order chi connectivity index (χ1) is 9.58. The summed E-state index contributed by atoms with van der Waals surface area (Å²) in [6.45, 7) is 6.37. The van der Waals surface area contributed by atoms with Crippen LogP contribution in [0.15, 0.2) is 30.3 Å². The van der Waals surface area contributed by atoms with E-state index < -0.39 is 0 Å². The molecule has 0 aliphatic rings. The molecular weight excluding hydrogens is 254 g/mol. The van der Waals surface area contributed by atoms with Crippen LogP contribution < -0.4 is 0 Å². The zero-order valence-corrected chi connectivity index (χ0v) is 12.5. The molecule has 20 heavy (non-hydrogen) atoms. The molecule has 0 aromatic heterocycles. The molecule has 0 N–H and O–H groups in total. The molecule has 1 rings (SSSR count). The van der Waals surface area contributed by atoms with E-state index in [4.69, 9.17) is 4.74 Å². The van der Waals surface area contributed by atoms with Crippen LogP contribution in [-0.2, 0) is 20.9 Å². The van der Waals surface area contributed by atoms with Crippen molar-refractivity contribution in [3.8, 4) is 0 Å². The molecule has 0 fully saturated rings. The minimum absolute atomic E-state index is 0.00586. The first-order valence-electron chi connectivity index (χ1n) is 7.06. The molecule has 0 saturated heterocycles. The smallest absolute Gasteiger partial charge is 0.325 e.